The predicted molar refractivity (Wildman–Crippen MR) is 74.4 cm³/mol. The third kappa shape index (κ3) is 3.26. The Bertz CT molecular complexity index is 589. The lowest BCUT2D eigenvalue weighted by molar-refractivity contribution is -0.384. The van der Waals surface area contributed by atoms with Crippen molar-refractivity contribution in [2.45, 2.75) is 18.9 Å². The van der Waals surface area contributed by atoms with E-state index < -0.39 is 16.9 Å². The predicted octanol–water partition coefficient (Wildman–Crippen LogP) is -0.111. The maximum atomic E-state index is 12.2. The highest BCUT2D eigenvalue weighted by Gasteiger charge is 2.25. The van der Waals surface area contributed by atoms with Gasteiger partial charge in [-0.1, -0.05) is 0 Å². The van der Waals surface area contributed by atoms with Gasteiger partial charge in [-0.15, -0.1) is 0 Å². The lowest BCUT2D eigenvalue weighted by atomic mass is 10.1. The number of hydrogen-bond donors (Lipinski definition) is 4. The fraction of sp³-hybridized carbons (Fsp3) is 0.333. The Hall–Kier alpha value is -2.68. The molecule has 1 aromatic carbocycles. The number of non-ortho nitro benzene ring substituents is 1. The zero-order valence-corrected chi connectivity index (χ0v) is 11.1. The van der Waals surface area contributed by atoms with E-state index in [1.54, 1.807) is 0 Å². The summed E-state index contributed by atoms with van der Waals surface area (Å²) < 4.78 is 0. The highest BCUT2D eigenvalue weighted by atomic mass is 16.6. The summed E-state index contributed by atoms with van der Waals surface area (Å²) in [7, 11) is 0. The van der Waals surface area contributed by atoms with Crippen LogP contribution in [0.3, 0.4) is 0 Å². The molecular formula is C12H15N5O4. The fourth-order valence-electron chi connectivity index (χ4n) is 2.11. The Kier molecular flexibility index (Phi) is 4.33. The number of benzene rings is 1. The molecular weight excluding hydrogens is 278 g/mol. The van der Waals surface area contributed by atoms with Crippen LogP contribution in [0.1, 0.15) is 23.2 Å². The molecule has 1 atom stereocenters. The number of hydrogen-bond acceptors (Lipinski definition) is 6. The Morgan fingerprint density at radius 3 is 2.86 bits per heavy atom. The minimum atomic E-state index is -0.642. The number of amides is 2. The molecule has 1 aromatic rings. The van der Waals surface area contributed by atoms with Gasteiger partial charge in [-0.2, -0.15) is 0 Å². The molecule has 2 amide bonds. The van der Waals surface area contributed by atoms with Crippen molar-refractivity contribution in [1.82, 2.24) is 10.6 Å². The maximum absolute atomic E-state index is 12.2. The topological polar surface area (TPSA) is 139 Å². The van der Waals surface area contributed by atoms with Crippen LogP contribution in [0.15, 0.2) is 18.2 Å². The van der Waals surface area contributed by atoms with Crippen LogP contribution < -0.4 is 21.9 Å². The van der Waals surface area contributed by atoms with E-state index in [1.807, 2.05) is 0 Å². The zero-order valence-electron chi connectivity index (χ0n) is 11.1. The standard InChI is InChI=1S/C12H15N5O4/c13-16-9-4-3-7(17(20)21)6-8(9)11(18)15-10-2-1-5-14-12(10)19/h3-4,6,10,16H,1-2,5,13H2,(H,14,19)(H,15,18). The SMILES string of the molecule is NNc1ccc([N+](=O)[O-])cc1C(=O)NC1CCCNC1=O. The van der Waals surface area contributed by atoms with Gasteiger partial charge < -0.3 is 16.1 Å². The third-order valence-electron chi connectivity index (χ3n) is 3.20. The van der Waals surface area contributed by atoms with Crippen LogP contribution in [0.25, 0.3) is 0 Å². The second-order valence-electron chi connectivity index (χ2n) is 4.59. The van der Waals surface area contributed by atoms with E-state index in [1.165, 1.54) is 12.1 Å². The molecule has 2 rings (SSSR count). The number of nitro groups is 1. The second-order valence-corrected chi connectivity index (χ2v) is 4.59. The van der Waals surface area contributed by atoms with Crippen molar-refractivity contribution in [3.05, 3.63) is 33.9 Å². The van der Waals surface area contributed by atoms with Crippen LogP contribution in [0.4, 0.5) is 11.4 Å². The molecule has 1 fully saturated rings. The zero-order chi connectivity index (χ0) is 15.4. The average molecular weight is 293 g/mol. The van der Waals surface area contributed by atoms with E-state index in [2.05, 4.69) is 16.1 Å². The minimum absolute atomic E-state index is 0.0186. The quantitative estimate of drug-likeness (QED) is 0.347. The van der Waals surface area contributed by atoms with Crippen LogP contribution in [0, 0.1) is 10.1 Å². The molecule has 1 aliphatic heterocycles. The fourth-order valence-corrected chi connectivity index (χ4v) is 2.11. The number of rotatable bonds is 4. The van der Waals surface area contributed by atoms with Gasteiger partial charge in [0.05, 0.1) is 16.2 Å². The third-order valence-corrected chi connectivity index (χ3v) is 3.20. The average Bonchev–Trinajstić information content (AvgIpc) is 2.48. The van der Waals surface area contributed by atoms with E-state index in [0.717, 1.165) is 12.5 Å². The molecule has 9 nitrogen and oxygen atoms in total. The number of nitrogens with zero attached hydrogens (tertiary/aromatic N) is 1. The van der Waals surface area contributed by atoms with E-state index in [9.17, 15) is 19.7 Å². The van der Waals surface area contributed by atoms with Gasteiger partial charge >= 0.3 is 0 Å². The van der Waals surface area contributed by atoms with Crippen LogP contribution >= 0.6 is 0 Å². The summed E-state index contributed by atoms with van der Waals surface area (Å²) in [5.41, 5.74) is 2.34. The first-order chi connectivity index (χ1) is 10.0. The largest absolute Gasteiger partial charge is 0.354 e. The molecule has 0 aliphatic carbocycles. The van der Waals surface area contributed by atoms with Crippen molar-refractivity contribution < 1.29 is 14.5 Å². The van der Waals surface area contributed by atoms with Crippen LogP contribution in [-0.2, 0) is 4.79 Å². The Labute approximate surface area is 120 Å². The summed E-state index contributed by atoms with van der Waals surface area (Å²) in [6.07, 6.45) is 1.28. The molecule has 0 spiro atoms. The molecule has 1 heterocycles. The molecule has 112 valence electrons. The van der Waals surface area contributed by atoms with Gasteiger partial charge in [0.25, 0.3) is 11.6 Å². The molecule has 0 radical (unpaired) electrons. The first kappa shape index (κ1) is 14.7. The molecule has 1 aliphatic rings. The number of anilines is 1. The number of nitrogens with one attached hydrogen (secondary N) is 3. The Morgan fingerprint density at radius 1 is 1.48 bits per heavy atom. The summed E-state index contributed by atoms with van der Waals surface area (Å²) in [5.74, 6) is 4.44. The highest BCUT2D eigenvalue weighted by Crippen LogP contribution is 2.21. The molecule has 0 bridgehead atoms. The van der Waals surface area contributed by atoms with Gasteiger partial charge in [0.1, 0.15) is 6.04 Å². The number of carbonyl (C=O) groups is 2. The highest BCUT2D eigenvalue weighted by molar-refractivity contribution is 6.02. The molecule has 9 heteroatoms. The van der Waals surface area contributed by atoms with Crippen molar-refractivity contribution in [1.29, 1.82) is 0 Å². The van der Waals surface area contributed by atoms with Gasteiger partial charge in [-0.05, 0) is 18.9 Å². The Morgan fingerprint density at radius 2 is 2.24 bits per heavy atom. The molecule has 5 N–H and O–H groups in total. The number of nitro benzene ring substituents is 1. The maximum Gasteiger partial charge on any atom is 0.270 e. The smallest absolute Gasteiger partial charge is 0.270 e. The summed E-state index contributed by atoms with van der Waals surface area (Å²) in [6, 6.07) is 3.05. The lowest BCUT2D eigenvalue weighted by Gasteiger charge is -2.23. The van der Waals surface area contributed by atoms with Crippen molar-refractivity contribution in [2.24, 2.45) is 5.84 Å². The lowest BCUT2D eigenvalue weighted by Crippen LogP contribution is -2.50. The summed E-state index contributed by atoms with van der Waals surface area (Å²) in [5, 5.41) is 16.0. The van der Waals surface area contributed by atoms with E-state index in [-0.39, 0.29) is 22.8 Å². The van der Waals surface area contributed by atoms with E-state index in [0.29, 0.717) is 13.0 Å². The molecule has 21 heavy (non-hydrogen) atoms. The monoisotopic (exact) mass is 293 g/mol. The van der Waals surface area contributed by atoms with Crippen LogP contribution in [0.2, 0.25) is 0 Å². The Balaban J connectivity index is 2.22. The number of nitrogen functional groups attached to an aromatic ring is 1. The molecule has 1 unspecified atom stereocenters. The number of carbonyl (C=O) groups excluding carboxylic acids is 2. The summed E-state index contributed by atoms with van der Waals surface area (Å²) in [6.45, 7) is 0.581. The van der Waals surface area contributed by atoms with Crippen molar-refractivity contribution >= 4 is 23.2 Å². The first-order valence-electron chi connectivity index (χ1n) is 6.36. The van der Waals surface area contributed by atoms with Crippen molar-refractivity contribution in [3.63, 3.8) is 0 Å². The van der Waals surface area contributed by atoms with Gasteiger partial charge in [0.2, 0.25) is 5.91 Å². The summed E-state index contributed by atoms with van der Waals surface area (Å²) >= 11 is 0. The van der Waals surface area contributed by atoms with Crippen LogP contribution in [0.5, 0.6) is 0 Å². The normalized spacial score (nSPS) is 17.8. The molecule has 0 aromatic heterocycles. The van der Waals surface area contributed by atoms with Crippen molar-refractivity contribution in [3.8, 4) is 0 Å². The molecule has 0 saturated carbocycles. The van der Waals surface area contributed by atoms with E-state index >= 15 is 0 Å². The molecule has 1 saturated heterocycles. The van der Waals surface area contributed by atoms with Crippen molar-refractivity contribution in [2.75, 3.05) is 12.0 Å². The number of nitrogens with two attached hydrogens (primary N) is 1. The van der Waals surface area contributed by atoms with E-state index in [4.69, 9.17) is 5.84 Å². The van der Waals surface area contributed by atoms with Gasteiger partial charge in [-0.25, -0.2) is 0 Å². The number of hydrazine groups is 1. The summed E-state index contributed by atoms with van der Waals surface area (Å²) in [4.78, 5) is 34.0. The second kappa shape index (κ2) is 6.18. The van der Waals surface area contributed by atoms with Gasteiger partial charge in [-0.3, -0.25) is 25.5 Å². The number of piperidine rings is 1. The first-order valence-corrected chi connectivity index (χ1v) is 6.36. The van der Waals surface area contributed by atoms with Gasteiger partial charge in [0.15, 0.2) is 0 Å². The van der Waals surface area contributed by atoms with Crippen LogP contribution in [-0.4, -0.2) is 29.3 Å². The van der Waals surface area contributed by atoms with Gasteiger partial charge in [0, 0.05) is 18.7 Å². The minimum Gasteiger partial charge on any atom is -0.354 e.